The van der Waals surface area contributed by atoms with E-state index in [1.54, 1.807) is 30.6 Å². The molecule has 0 aliphatic heterocycles. The number of fused-ring (bicyclic) bond motifs is 1. The van der Waals surface area contributed by atoms with E-state index in [0.29, 0.717) is 22.5 Å². The fourth-order valence-corrected chi connectivity index (χ4v) is 2.31. The third-order valence-corrected chi connectivity index (χ3v) is 3.54. The van der Waals surface area contributed by atoms with Crippen molar-refractivity contribution in [2.24, 2.45) is 0 Å². The van der Waals surface area contributed by atoms with Crippen LogP contribution in [0.2, 0.25) is 0 Å². The summed E-state index contributed by atoms with van der Waals surface area (Å²) in [5.74, 6) is -0.131. The molecule has 0 spiro atoms. The Hall–Kier alpha value is -3.49. The maximum Gasteiger partial charge on any atom is 0.314 e. The molecule has 3 aromatic heterocycles. The lowest BCUT2D eigenvalue weighted by Crippen LogP contribution is -1.99. The highest BCUT2D eigenvalue weighted by Gasteiger charge is 2.17. The lowest BCUT2D eigenvalue weighted by atomic mass is 10.2. The zero-order valence-electron chi connectivity index (χ0n) is 13.2. The van der Waals surface area contributed by atoms with E-state index in [4.69, 9.17) is 9.15 Å². The van der Waals surface area contributed by atoms with Gasteiger partial charge in [0.2, 0.25) is 5.89 Å². The first-order chi connectivity index (χ1) is 12.7. The number of halogens is 2. The SMILES string of the molecule is FC(F)c1nnc(-c2ccc(COc3cccc4nccnc34)nc2)o1. The number of rotatable bonds is 5. The average molecular weight is 355 g/mol. The molecule has 130 valence electrons. The Morgan fingerprint density at radius 1 is 1.00 bits per heavy atom. The molecule has 4 aromatic rings. The van der Waals surface area contributed by atoms with Gasteiger partial charge in [0.1, 0.15) is 17.9 Å². The molecular weight excluding hydrogens is 344 g/mol. The van der Waals surface area contributed by atoms with Gasteiger partial charge in [-0.1, -0.05) is 6.07 Å². The van der Waals surface area contributed by atoms with Crippen LogP contribution in [0, 0.1) is 0 Å². The van der Waals surface area contributed by atoms with E-state index >= 15 is 0 Å². The van der Waals surface area contributed by atoms with Crippen LogP contribution < -0.4 is 4.74 Å². The van der Waals surface area contributed by atoms with Crippen molar-refractivity contribution >= 4 is 11.0 Å². The van der Waals surface area contributed by atoms with Gasteiger partial charge in [0.15, 0.2) is 0 Å². The second-order valence-electron chi connectivity index (χ2n) is 5.25. The number of aromatic nitrogens is 5. The van der Waals surface area contributed by atoms with Crippen molar-refractivity contribution in [3.05, 3.63) is 60.5 Å². The number of pyridine rings is 1. The summed E-state index contributed by atoms with van der Waals surface area (Å²) in [6.07, 6.45) is 1.87. The minimum absolute atomic E-state index is 0.00963. The number of hydrogen-bond acceptors (Lipinski definition) is 7. The van der Waals surface area contributed by atoms with Gasteiger partial charge in [0.05, 0.1) is 16.8 Å². The standard InChI is InChI=1S/C17H11F2N5O2/c18-15(19)17-24-23-16(26-17)10-4-5-11(22-8-10)9-25-13-3-1-2-12-14(13)21-7-6-20-12/h1-8,15H,9H2. The third kappa shape index (κ3) is 3.18. The summed E-state index contributed by atoms with van der Waals surface area (Å²) in [7, 11) is 0. The fourth-order valence-electron chi connectivity index (χ4n) is 2.31. The van der Waals surface area contributed by atoms with Crippen LogP contribution in [0.4, 0.5) is 8.78 Å². The maximum absolute atomic E-state index is 12.5. The highest BCUT2D eigenvalue weighted by atomic mass is 19.3. The van der Waals surface area contributed by atoms with Gasteiger partial charge in [-0.2, -0.15) is 8.78 Å². The number of hydrogen-bond donors (Lipinski definition) is 0. The van der Waals surface area contributed by atoms with Crippen LogP contribution in [-0.4, -0.2) is 25.1 Å². The first-order valence-electron chi connectivity index (χ1n) is 7.60. The summed E-state index contributed by atoms with van der Waals surface area (Å²) in [5, 5.41) is 6.87. The molecule has 0 amide bonds. The fraction of sp³-hybridized carbons (Fsp3) is 0.118. The van der Waals surface area contributed by atoms with Crippen LogP contribution in [-0.2, 0) is 6.61 Å². The minimum atomic E-state index is -2.80. The number of para-hydroxylation sites is 1. The summed E-state index contributed by atoms with van der Waals surface area (Å²) >= 11 is 0. The largest absolute Gasteiger partial charge is 0.485 e. The zero-order valence-corrected chi connectivity index (χ0v) is 13.2. The maximum atomic E-state index is 12.5. The van der Waals surface area contributed by atoms with E-state index in [1.165, 1.54) is 6.20 Å². The summed E-state index contributed by atoms with van der Waals surface area (Å²) in [5.41, 5.74) is 2.49. The summed E-state index contributed by atoms with van der Waals surface area (Å²) in [6, 6.07) is 8.82. The molecule has 7 nitrogen and oxygen atoms in total. The van der Waals surface area contributed by atoms with Crippen molar-refractivity contribution in [2.45, 2.75) is 13.0 Å². The van der Waals surface area contributed by atoms with Gasteiger partial charge in [-0.3, -0.25) is 9.97 Å². The lowest BCUT2D eigenvalue weighted by Gasteiger charge is -2.08. The summed E-state index contributed by atoms with van der Waals surface area (Å²) in [6.45, 7) is 0.210. The Labute approximate surface area is 145 Å². The Bertz CT molecular complexity index is 1030. The Morgan fingerprint density at radius 2 is 1.88 bits per heavy atom. The molecule has 3 heterocycles. The van der Waals surface area contributed by atoms with Crippen LogP contribution in [0.3, 0.4) is 0 Å². The average Bonchev–Trinajstić information content (AvgIpc) is 3.17. The third-order valence-electron chi connectivity index (χ3n) is 3.54. The molecule has 0 radical (unpaired) electrons. The van der Waals surface area contributed by atoms with Crippen molar-refractivity contribution < 1.29 is 17.9 Å². The smallest absolute Gasteiger partial charge is 0.314 e. The van der Waals surface area contributed by atoms with Crippen LogP contribution in [0.25, 0.3) is 22.5 Å². The van der Waals surface area contributed by atoms with E-state index in [1.807, 2.05) is 12.1 Å². The molecule has 0 unspecified atom stereocenters. The molecule has 1 aromatic carbocycles. The van der Waals surface area contributed by atoms with Crippen molar-refractivity contribution in [2.75, 3.05) is 0 Å². The van der Waals surface area contributed by atoms with E-state index in [2.05, 4.69) is 25.1 Å². The van der Waals surface area contributed by atoms with Crippen LogP contribution in [0.15, 0.2) is 53.3 Å². The molecule has 0 aliphatic rings. The lowest BCUT2D eigenvalue weighted by molar-refractivity contribution is 0.116. The summed E-state index contributed by atoms with van der Waals surface area (Å²) in [4.78, 5) is 12.7. The van der Waals surface area contributed by atoms with Gasteiger partial charge in [0.25, 0.3) is 5.89 Å². The van der Waals surface area contributed by atoms with Gasteiger partial charge in [-0.25, -0.2) is 4.98 Å². The van der Waals surface area contributed by atoms with E-state index in [9.17, 15) is 8.78 Å². The molecule has 0 N–H and O–H groups in total. The Balaban J connectivity index is 1.49. The second-order valence-corrected chi connectivity index (χ2v) is 5.25. The molecule has 0 saturated heterocycles. The molecule has 0 fully saturated rings. The highest BCUT2D eigenvalue weighted by molar-refractivity contribution is 5.80. The first-order valence-corrected chi connectivity index (χ1v) is 7.60. The molecule has 26 heavy (non-hydrogen) atoms. The van der Waals surface area contributed by atoms with Gasteiger partial charge >= 0.3 is 6.43 Å². The predicted molar refractivity (Wildman–Crippen MR) is 86.4 cm³/mol. The van der Waals surface area contributed by atoms with Crippen molar-refractivity contribution in [3.8, 4) is 17.2 Å². The van der Waals surface area contributed by atoms with Gasteiger partial charge in [-0.15, -0.1) is 10.2 Å². The molecule has 0 bridgehead atoms. The molecule has 0 aliphatic carbocycles. The molecular formula is C17H11F2N5O2. The van der Waals surface area contributed by atoms with Gasteiger partial charge < -0.3 is 9.15 Å². The van der Waals surface area contributed by atoms with Crippen molar-refractivity contribution in [1.29, 1.82) is 0 Å². The van der Waals surface area contributed by atoms with Crippen LogP contribution in [0.5, 0.6) is 5.75 Å². The molecule has 9 heteroatoms. The monoisotopic (exact) mass is 355 g/mol. The quantitative estimate of drug-likeness (QED) is 0.540. The number of benzene rings is 1. The van der Waals surface area contributed by atoms with E-state index in [0.717, 1.165) is 5.52 Å². The Morgan fingerprint density at radius 3 is 2.65 bits per heavy atom. The first kappa shape index (κ1) is 16.0. The van der Waals surface area contributed by atoms with E-state index in [-0.39, 0.29) is 12.5 Å². The Kier molecular flexibility index (Phi) is 4.18. The van der Waals surface area contributed by atoms with Crippen molar-refractivity contribution in [1.82, 2.24) is 25.1 Å². The van der Waals surface area contributed by atoms with Crippen LogP contribution >= 0.6 is 0 Å². The van der Waals surface area contributed by atoms with Crippen LogP contribution in [0.1, 0.15) is 18.0 Å². The predicted octanol–water partition coefficient (Wildman–Crippen LogP) is 3.59. The molecule has 0 atom stereocenters. The highest BCUT2D eigenvalue weighted by Crippen LogP contribution is 2.24. The van der Waals surface area contributed by atoms with Crippen molar-refractivity contribution in [3.63, 3.8) is 0 Å². The topological polar surface area (TPSA) is 86.8 Å². The molecule has 4 rings (SSSR count). The number of alkyl halides is 2. The van der Waals surface area contributed by atoms with Gasteiger partial charge in [-0.05, 0) is 24.3 Å². The molecule has 0 saturated carbocycles. The minimum Gasteiger partial charge on any atom is -0.485 e. The second kappa shape index (κ2) is 6.79. The zero-order chi connectivity index (χ0) is 17.9. The van der Waals surface area contributed by atoms with Gasteiger partial charge in [0, 0.05) is 18.6 Å². The normalized spacial score (nSPS) is 11.2. The van der Waals surface area contributed by atoms with E-state index < -0.39 is 12.3 Å². The number of ether oxygens (including phenoxy) is 1. The number of nitrogens with zero attached hydrogens (tertiary/aromatic N) is 5. The summed E-state index contributed by atoms with van der Waals surface area (Å²) < 4.78 is 35.7.